The van der Waals surface area contributed by atoms with Gasteiger partial charge in [0.2, 0.25) is 0 Å². The van der Waals surface area contributed by atoms with Crippen LogP contribution < -0.4 is 16.0 Å². The highest BCUT2D eigenvalue weighted by Gasteiger charge is 2.09. The lowest BCUT2D eigenvalue weighted by molar-refractivity contribution is 0.300. The largest absolute Gasteiger partial charge is 0.493 e. The number of aromatic amines is 1. The number of nitrogens with zero attached hydrogens (tertiary/aromatic N) is 1. The molecule has 5 nitrogen and oxygen atoms in total. The second-order valence-electron chi connectivity index (χ2n) is 5.81. The Morgan fingerprint density at radius 2 is 1.96 bits per heavy atom. The average Bonchev–Trinajstić information content (AvgIpc) is 2.92. The molecular weight excluding hydrogens is 324 g/mol. The lowest BCUT2D eigenvalue weighted by Crippen LogP contribution is -2.34. The third-order valence-electron chi connectivity index (χ3n) is 3.92. The Morgan fingerprint density at radius 3 is 2.75 bits per heavy atom. The van der Waals surface area contributed by atoms with Crippen LogP contribution in [-0.4, -0.2) is 16.2 Å². The minimum Gasteiger partial charge on any atom is -0.493 e. The minimum absolute atomic E-state index is 0.210. The lowest BCUT2D eigenvalue weighted by atomic mass is 10.2. The molecule has 0 aliphatic carbocycles. The van der Waals surface area contributed by atoms with Crippen LogP contribution in [0.15, 0.2) is 39.9 Å². The Kier molecular flexibility index (Phi) is 4.85. The zero-order valence-electron chi connectivity index (χ0n) is 13.8. The number of hydrogen-bond acceptors (Lipinski definition) is 4. The smallest absolute Gasteiger partial charge is 0.329 e. The molecular formula is C18H20N2O3S. The Morgan fingerprint density at radius 1 is 1.17 bits per heavy atom. The summed E-state index contributed by atoms with van der Waals surface area (Å²) in [4.78, 5) is 28.9. The lowest BCUT2D eigenvalue weighted by Gasteiger charge is -2.09. The van der Waals surface area contributed by atoms with E-state index in [2.05, 4.69) is 4.98 Å². The maximum atomic E-state index is 12.4. The highest BCUT2D eigenvalue weighted by atomic mass is 32.1. The Balaban J connectivity index is 1.61. The molecule has 0 saturated heterocycles. The first-order valence-electron chi connectivity index (χ1n) is 7.98. The number of thiophene rings is 1. The summed E-state index contributed by atoms with van der Waals surface area (Å²) in [6.07, 6.45) is 1.49. The third kappa shape index (κ3) is 3.43. The molecule has 0 amide bonds. The molecule has 0 fully saturated rings. The van der Waals surface area contributed by atoms with Gasteiger partial charge in [-0.1, -0.05) is 18.2 Å². The summed E-state index contributed by atoms with van der Waals surface area (Å²) in [5, 5.41) is 0.591. The second kappa shape index (κ2) is 7.05. The average molecular weight is 344 g/mol. The van der Waals surface area contributed by atoms with Crippen molar-refractivity contribution >= 4 is 21.6 Å². The molecule has 0 radical (unpaired) electrons. The van der Waals surface area contributed by atoms with Gasteiger partial charge in [-0.3, -0.25) is 14.3 Å². The fourth-order valence-electron chi connectivity index (χ4n) is 2.64. The molecule has 1 N–H and O–H groups in total. The molecule has 126 valence electrons. The molecule has 0 unspecified atom stereocenters. The summed E-state index contributed by atoms with van der Waals surface area (Å²) in [5.41, 5.74) is 0.551. The van der Waals surface area contributed by atoms with Crippen LogP contribution in [0.5, 0.6) is 5.75 Å². The standard InChI is InChI=1S/C18H20N2O3S/c1-12-7-3-4-8-15(12)23-10-6-5-9-20-17(21)14-11-13(2)24-16(14)19-18(20)22/h3-4,7-8,11H,5-6,9-10H2,1-2H3,(H,19,22). The Labute approximate surface area is 143 Å². The molecule has 0 spiro atoms. The number of fused-ring (bicyclic) bond motifs is 1. The molecule has 0 atom stereocenters. The molecule has 2 heterocycles. The van der Waals surface area contributed by atoms with Gasteiger partial charge < -0.3 is 4.74 Å². The van der Waals surface area contributed by atoms with E-state index in [9.17, 15) is 9.59 Å². The van der Waals surface area contributed by atoms with Gasteiger partial charge in [0.25, 0.3) is 5.56 Å². The number of ether oxygens (including phenoxy) is 1. The number of aromatic nitrogens is 2. The van der Waals surface area contributed by atoms with Gasteiger partial charge in [0, 0.05) is 11.4 Å². The normalized spacial score (nSPS) is 11.1. The number of hydrogen-bond donors (Lipinski definition) is 1. The van der Waals surface area contributed by atoms with E-state index in [0.29, 0.717) is 29.8 Å². The molecule has 1 aromatic carbocycles. The van der Waals surface area contributed by atoms with Gasteiger partial charge in [-0.2, -0.15) is 0 Å². The molecule has 2 aromatic heterocycles. The van der Waals surface area contributed by atoms with Crippen molar-refractivity contribution in [3.05, 3.63) is 61.6 Å². The first-order valence-corrected chi connectivity index (χ1v) is 8.79. The molecule has 3 rings (SSSR count). The van der Waals surface area contributed by atoms with Crippen LogP contribution in [0.3, 0.4) is 0 Å². The summed E-state index contributed by atoms with van der Waals surface area (Å²) >= 11 is 1.43. The van der Waals surface area contributed by atoms with Crippen molar-refractivity contribution in [1.29, 1.82) is 0 Å². The van der Waals surface area contributed by atoms with E-state index in [1.54, 1.807) is 0 Å². The molecule has 3 aromatic rings. The first kappa shape index (κ1) is 16.5. The summed E-state index contributed by atoms with van der Waals surface area (Å²) in [6, 6.07) is 9.70. The number of nitrogens with one attached hydrogen (secondary N) is 1. The summed E-state index contributed by atoms with van der Waals surface area (Å²) in [6.45, 7) is 4.90. The van der Waals surface area contributed by atoms with Gasteiger partial charge in [0.1, 0.15) is 10.6 Å². The zero-order valence-corrected chi connectivity index (χ0v) is 14.6. The maximum absolute atomic E-state index is 12.4. The van der Waals surface area contributed by atoms with Crippen LogP contribution in [0.2, 0.25) is 0 Å². The molecule has 6 heteroatoms. The monoisotopic (exact) mass is 344 g/mol. The second-order valence-corrected chi connectivity index (χ2v) is 7.06. The minimum atomic E-state index is -0.339. The predicted molar refractivity (Wildman–Crippen MR) is 97.4 cm³/mol. The number of para-hydroxylation sites is 1. The van der Waals surface area contributed by atoms with Crippen molar-refractivity contribution in [2.75, 3.05) is 6.61 Å². The van der Waals surface area contributed by atoms with E-state index in [4.69, 9.17) is 4.74 Å². The number of unbranched alkanes of at least 4 members (excludes halogenated alkanes) is 1. The Hall–Kier alpha value is -2.34. The summed E-state index contributed by atoms with van der Waals surface area (Å²) in [5.74, 6) is 0.877. The van der Waals surface area contributed by atoms with E-state index in [1.165, 1.54) is 15.9 Å². The fraction of sp³-hybridized carbons (Fsp3) is 0.333. The number of rotatable bonds is 6. The highest BCUT2D eigenvalue weighted by molar-refractivity contribution is 7.18. The van der Waals surface area contributed by atoms with E-state index < -0.39 is 0 Å². The Bertz CT molecular complexity index is 968. The van der Waals surface area contributed by atoms with Crippen LogP contribution in [-0.2, 0) is 6.54 Å². The topological polar surface area (TPSA) is 64.1 Å². The maximum Gasteiger partial charge on any atom is 0.329 e. The van der Waals surface area contributed by atoms with Crippen LogP contribution in [0.25, 0.3) is 10.2 Å². The number of benzene rings is 1. The van der Waals surface area contributed by atoms with Crippen LogP contribution in [0.1, 0.15) is 23.3 Å². The first-order chi connectivity index (χ1) is 11.6. The van der Waals surface area contributed by atoms with E-state index >= 15 is 0 Å². The van der Waals surface area contributed by atoms with Crippen molar-refractivity contribution in [2.45, 2.75) is 33.2 Å². The predicted octanol–water partition coefficient (Wildman–Crippen LogP) is 3.23. The molecule has 0 bridgehead atoms. The van der Waals surface area contributed by atoms with Gasteiger partial charge in [-0.05, 0) is 44.4 Å². The quantitative estimate of drug-likeness (QED) is 0.698. The van der Waals surface area contributed by atoms with Gasteiger partial charge in [-0.25, -0.2) is 4.79 Å². The third-order valence-corrected chi connectivity index (χ3v) is 4.89. The van der Waals surface area contributed by atoms with Crippen LogP contribution >= 0.6 is 11.3 Å². The van der Waals surface area contributed by atoms with Crippen LogP contribution in [0.4, 0.5) is 0 Å². The van der Waals surface area contributed by atoms with Crippen molar-refractivity contribution in [3.63, 3.8) is 0 Å². The van der Waals surface area contributed by atoms with Crippen molar-refractivity contribution in [2.24, 2.45) is 0 Å². The molecule has 0 saturated carbocycles. The summed E-state index contributed by atoms with van der Waals surface area (Å²) in [7, 11) is 0. The summed E-state index contributed by atoms with van der Waals surface area (Å²) < 4.78 is 7.02. The van der Waals surface area contributed by atoms with Crippen molar-refractivity contribution < 1.29 is 4.74 Å². The highest BCUT2D eigenvalue weighted by Crippen LogP contribution is 2.19. The zero-order chi connectivity index (χ0) is 17.1. The number of aryl methyl sites for hydroxylation is 2. The SMILES string of the molecule is Cc1cc2c(=O)n(CCCCOc3ccccc3C)c(=O)[nH]c2s1. The molecule has 0 aliphatic heterocycles. The van der Waals surface area contributed by atoms with Gasteiger partial charge in [0.15, 0.2) is 0 Å². The van der Waals surface area contributed by atoms with Crippen molar-refractivity contribution in [3.8, 4) is 5.75 Å². The fourth-order valence-corrected chi connectivity index (χ4v) is 3.54. The van der Waals surface area contributed by atoms with E-state index in [-0.39, 0.29) is 11.2 Å². The van der Waals surface area contributed by atoms with E-state index in [0.717, 1.165) is 22.6 Å². The molecule has 0 aliphatic rings. The van der Waals surface area contributed by atoms with E-state index in [1.807, 2.05) is 44.2 Å². The molecule has 24 heavy (non-hydrogen) atoms. The van der Waals surface area contributed by atoms with Gasteiger partial charge >= 0.3 is 5.69 Å². The number of H-pyrrole nitrogens is 1. The van der Waals surface area contributed by atoms with Gasteiger partial charge in [-0.15, -0.1) is 11.3 Å². The van der Waals surface area contributed by atoms with Gasteiger partial charge in [0.05, 0.1) is 12.0 Å². The van der Waals surface area contributed by atoms with Crippen molar-refractivity contribution in [1.82, 2.24) is 9.55 Å². The van der Waals surface area contributed by atoms with Crippen LogP contribution in [0, 0.1) is 13.8 Å².